The van der Waals surface area contributed by atoms with E-state index >= 15 is 0 Å². The SMILES string of the molecule is COC(C)(C)CCOc1ccc(C(F)(F)F)c(C#N)c1. The molecule has 0 radical (unpaired) electrons. The molecule has 0 unspecified atom stereocenters. The van der Waals surface area contributed by atoms with Crippen LogP contribution >= 0.6 is 0 Å². The van der Waals surface area contributed by atoms with Crippen molar-refractivity contribution in [3.05, 3.63) is 29.3 Å². The summed E-state index contributed by atoms with van der Waals surface area (Å²) in [6.07, 6.45) is -3.96. The average Bonchev–Trinajstić information content (AvgIpc) is 2.37. The molecule has 0 saturated heterocycles. The van der Waals surface area contributed by atoms with Crippen molar-refractivity contribution in [3.8, 4) is 11.8 Å². The predicted octanol–water partition coefficient (Wildman–Crippen LogP) is 3.77. The van der Waals surface area contributed by atoms with Crippen LogP contribution in [0.2, 0.25) is 0 Å². The minimum Gasteiger partial charge on any atom is -0.493 e. The predicted molar refractivity (Wildman–Crippen MR) is 67.4 cm³/mol. The molecular formula is C14H16F3NO2. The third-order valence-corrected chi connectivity index (χ3v) is 2.94. The number of ether oxygens (including phenoxy) is 2. The molecule has 110 valence electrons. The Morgan fingerprint density at radius 3 is 2.40 bits per heavy atom. The lowest BCUT2D eigenvalue weighted by molar-refractivity contribution is -0.137. The summed E-state index contributed by atoms with van der Waals surface area (Å²) in [4.78, 5) is 0. The fourth-order valence-electron chi connectivity index (χ4n) is 1.47. The van der Waals surface area contributed by atoms with Crippen molar-refractivity contribution in [2.75, 3.05) is 13.7 Å². The summed E-state index contributed by atoms with van der Waals surface area (Å²) >= 11 is 0. The van der Waals surface area contributed by atoms with Crippen LogP contribution in [0.5, 0.6) is 5.75 Å². The van der Waals surface area contributed by atoms with Gasteiger partial charge >= 0.3 is 6.18 Å². The highest BCUT2D eigenvalue weighted by atomic mass is 19.4. The highest BCUT2D eigenvalue weighted by Crippen LogP contribution is 2.33. The number of halogens is 3. The Labute approximate surface area is 115 Å². The molecular weight excluding hydrogens is 271 g/mol. The van der Waals surface area contributed by atoms with Crippen LogP contribution in [0, 0.1) is 11.3 Å². The van der Waals surface area contributed by atoms with E-state index in [9.17, 15) is 13.2 Å². The Kier molecular flexibility index (Phi) is 5.01. The van der Waals surface area contributed by atoms with Crippen molar-refractivity contribution in [2.45, 2.75) is 32.0 Å². The normalized spacial score (nSPS) is 12.1. The molecule has 0 aliphatic rings. The summed E-state index contributed by atoms with van der Waals surface area (Å²) in [7, 11) is 1.58. The molecule has 0 spiro atoms. The van der Waals surface area contributed by atoms with Crippen molar-refractivity contribution in [3.63, 3.8) is 0 Å². The molecule has 0 saturated carbocycles. The molecule has 0 aliphatic heterocycles. The monoisotopic (exact) mass is 287 g/mol. The number of nitrogens with zero attached hydrogens (tertiary/aromatic N) is 1. The number of hydrogen-bond donors (Lipinski definition) is 0. The molecule has 1 aromatic carbocycles. The molecule has 0 N–H and O–H groups in total. The van der Waals surface area contributed by atoms with Gasteiger partial charge < -0.3 is 9.47 Å². The van der Waals surface area contributed by atoms with Crippen molar-refractivity contribution in [1.82, 2.24) is 0 Å². The third-order valence-electron chi connectivity index (χ3n) is 2.94. The van der Waals surface area contributed by atoms with E-state index in [-0.39, 0.29) is 18.0 Å². The number of nitriles is 1. The highest BCUT2D eigenvalue weighted by Gasteiger charge is 2.33. The van der Waals surface area contributed by atoms with Gasteiger partial charge in [-0.1, -0.05) is 0 Å². The Morgan fingerprint density at radius 1 is 1.25 bits per heavy atom. The van der Waals surface area contributed by atoms with E-state index < -0.39 is 17.3 Å². The molecule has 0 amide bonds. The van der Waals surface area contributed by atoms with Crippen LogP contribution < -0.4 is 4.74 Å². The smallest absolute Gasteiger partial charge is 0.417 e. The van der Waals surface area contributed by atoms with Gasteiger partial charge in [0.1, 0.15) is 5.75 Å². The van der Waals surface area contributed by atoms with Gasteiger partial charge in [-0.3, -0.25) is 0 Å². The Hall–Kier alpha value is -1.74. The fourth-order valence-corrected chi connectivity index (χ4v) is 1.47. The number of hydrogen-bond acceptors (Lipinski definition) is 3. The maximum Gasteiger partial charge on any atom is 0.417 e. The fraction of sp³-hybridized carbons (Fsp3) is 0.500. The van der Waals surface area contributed by atoms with Crippen molar-refractivity contribution in [1.29, 1.82) is 5.26 Å². The van der Waals surface area contributed by atoms with E-state index in [1.165, 1.54) is 12.1 Å². The van der Waals surface area contributed by atoms with Crippen LogP contribution in [0.1, 0.15) is 31.4 Å². The first-order valence-corrected chi connectivity index (χ1v) is 5.99. The first-order valence-electron chi connectivity index (χ1n) is 5.99. The molecule has 0 aromatic heterocycles. The summed E-state index contributed by atoms with van der Waals surface area (Å²) in [5.74, 6) is 0.237. The minimum absolute atomic E-state index is 0.237. The summed E-state index contributed by atoms with van der Waals surface area (Å²) < 4.78 is 48.4. The van der Waals surface area contributed by atoms with Crippen molar-refractivity contribution in [2.24, 2.45) is 0 Å². The quantitative estimate of drug-likeness (QED) is 0.827. The van der Waals surface area contributed by atoms with Crippen LogP contribution in [0.4, 0.5) is 13.2 Å². The van der Waals surface area contributed by atoms with Gasteiger partial charge in [0.15, 0.2) is 0 Å². The molecule has 20 heavy (non-hydrogen) atoms. The number of methoxy groups -OCH3 is 1. The Bertz CT molecular complexity index is 504. The van der Waals surface area contributed by atoms with Gasteiger partial charge in [0, 0.05) is 13.5 Å². The molecule has 0 atom stereocenters. The van der Waals surface area contributed by atoms with E-state index in [1.807, 2.05) is 13.8 Å². The largest absolute Gasteiger partial charge is 0.493 e. The third kappa shape index (κ3) is 4.42. The van der Waals surface area contributed by atoms with Gasteiger partial charge in [-0.15, -0.1) is 0 Å². The zero-order chi connectivity index (χ0) is 15.4. The second-order valence-electron chi connectivity index (χ2n) is 4.88. The maximum absolute atomic E-state index is 12.6. The molecule has 1 aromatic rings. The first kappa shape index (κ1) is 16.3. The second kappa shape index (κ2) is 6.14. The summed E-state index contributed by atoms with van der Waals surface area (Å²) in [6.45, 7) is 4.05. The van der Waals surface area contributed by atoms with Crippen LogP contribution in [0.15, 0.2) is 18.2 Å². The van der Waals surface area contributed by atoms with Crippen LogP contribution in [-0.4, -0.2) is 19.3 Å². The van der Waals surface area contributed by atoms with Crippen LogP contribution in [-0.2, 0) is 10.9 Å². The second-order valence-corrected chi connectivity index (χ2v) is 4.88. The van der Waals surface area contributed by atoms with Gasteiger partial charge in [0.2, 0.25) is 0 Å². The van der Waals surface area contributed by atoms with Crippen LogP contribution in [0.25, 0.3) is 0 Å². The Morgan fingerprint density at radius 2 is 1.90 bits per heavy atom. The zero-order valence-corrected chi connectivity index (χ0v) is 11.5. The molecule has 0 fully saturated rings. The van der Waals surface area contributed by atoms with Gasteiger partial charge in [-0.25, -0.2) is 0 Å². The van der Waals surface area contributed by atoms with Gasteiger partial charge in [0.25, 0.3) is 0 Å². The number of alkyl halides is 3. The summed E-state index contributed by atoms with van der Waals surface area (Å²) in [5.41, 5.74) is -1.77. The lowest BCUT2D eigenvalue weighted by atomic mass is 10.1. The molecule has 3 nitrogen and oxygen atoms in total. The van der Waals surface area contributed by atoms with Crippen molar-refractivity contribution < 1.29 is 22.6 Å². The highest BCUT2D eigenvalue weighted by molar-refractivity contribution is 5.44. The van der Waals surface area contributed by atoms with Crippen molar-refractivity contribution >= 4 is 0 Å². The van der Waals surface area contributed by atoms with E-state index in [0.29, 0.717) is 6.42 Å². The molecule has 1 rings (SSSR count). The lowest BCUT2D eigenvalue weighted by Gasteiger charge is -2.22. The van der Waals surface area contributed by atoms with E-state index in [4.69, 9.17) is 14.7 Å². The summed E-state index contributed by atoms with van der Waals surface area (Å²) in [6, 6.07) is 4.70. The number of rotatable bonds is 5. The Balaban J connectivity index is 2.78. The maximum atomic E-state index is 12.6. The molecule has 0 heterocycles. The average molecular weight is 287 g/mol. The summed E-state index contributed by atoms with van der Waals surface area (Å²) in [5, 5.41) is 8.77. The van der Waals surface area contributed by atoms with Crippen LogP contribution in [0.3, 0.4) is 0 Å². The topological polar surface area (TPSA) is 42.2 Å². The molecule has 6 heteroatoms. The minimum atomic E-state index is -4.54. The zero-order valence-electron chi connectivity index (χ0n) is 11.5. The van der Waals surface area contributed by atoms with E-state index in [2.05, 4.69) is 0 Å². The van der Waals surface area contributed by atoms with Gasteiger partial charge in [-0.2, -0.15) is 18.4 Å². The molecule has 0 bridgehead atoms. The first-order chi connectivity index (χ1) is 9.19. The van der Waals surface area contributed by atoms with E-state index in [0.717, 1.165) is 12.1 Å². The lowest BCUT2D eigenvalue weighted by Crippen LogP contribution is -2.25. The van der Waals surface area contributed by atoms with E-state index in [1.54, 1.807) is 7.11 Å². The van der Waals surface area contributed by atoms with Gasteiger partial charge in [0.05, 0.1) is 29.4 Å². The molecule has 0 aliphatic carbocycles. The number of benzene rings is 1. The standard InChI is InChI=1S/C14H16F3NO2/c1-13(2,19-3)6-7-20-11-4-5-12(14(15,16)17)10(8-11)9-18/h4-5,8H,6-7H2,1-3H3. The van der Waals surface area contributed by atoms with Gasteiger partial charge in [-0.05, 0) is 32.0 Å².